The topological polar surface area (TPSA) is 179 Å². The summed E-state index contributed by atoms with van der Waals surface area (Å²) in [5.74, 6) is -1.08. The second-order valence-electron chi connectivity index (χ2n) is 16.1. The van der Waals surface area contributed by atoms with Crippen molar-refractivity contribution in [2.24, 2.45) is 23.7 Å². The molecule has 3 aliphatic carbocycles. The van der Waals surface area contributed by atoms with Crippen LogP contribution in [0.1, 0.15) is 64.2 Å². The third-order valence-electron chi connectivity index (χ3n) is 11.7. The van der Waals surface area contributed by atoms with Gasteiger partial charge in [0.05, 0.1) is 99.6 Å². The zero-order valence-electron chi connectivity index (χ0n) is 37.5. The van der Waals surface area contributed by atoms with Gasteiger partial charge in [-0.2, -0.15) is 0 Å². The number of hydrogen-bond acceptors (Lipinski definition) is 16. The number of carbonyl (C=O) groups is 4. The summed E-state index contributed by atoms with van der Waals surface area (Å²) in [4.78, 5) is 49.0. The number of hydrogen-bond donors (Lipinski definition) is 0. The Balaban J connectivity index is 1.68. The fraction of sp³-hybridized carbons (Fsp3) is 0.739. The summed E-state index contributed by atoms with van der Waals surface area (Å²) < 4.78 is 67.0. The van der Waals surface area contributed by atoms with E-state index in [1.54, 1.807) is 0 Å². The van der Waals surface area contributed by atoms with E-state index in [0.717, 1.165) is 64.2 Å². The molecule has 4 unspecified atom stereocenters. The first kappa shape index (κ1) is 52.9. The average molecular weight is 881 g/mol. The molecule has 0 saturated heterocycles. The molecule has 4 atom stereocenters. The number of rotatable bonds is 30. The lowest BCUT2D eigenvalue weighted by Gasteiger charge is -2.48. The Bertz CT molecular complexity index is 1320. The number of ether oxygens (including phenoxy) is 12. The van der Waals surface area contributed by atoms with Gasteiger partial charge in [0.1, 0.15) is 26.4 Å². The standard InChI is InChI=1S/C46H72O16/c1-31(27-51-5)43(47)59-21-17-55-37-13-9-35(10-14-37)39-25-42(58-20-24-62-46(50)34(4)30-54-8)40(26-41(39)57-19-23-61-45(49)33(3)29-53-7)36-11-15-38(16-12-36)56-18-22-60-44(48)32(2)28-52-6/h35-42H,1-4,9-30H2,5-8H3. The Labute approximate surface area is 367 Å². The van der Waals surface area contributed by atoms with Gasteiger partial charge in [-0.3, -0.25) is 0 Å². The molecule has 3 fully saturated rings. The maximum absolute atomic E-state index is 12.4. The van der Waals surface area contributed by atoms with Gasteiger partial charge in [-0.05, 0) is 87.9 Å². The van der Waals surface area contributed by atoms with E-state index >= 15 is 0 Å². The fourth-order valence-corrected chi connectivity index (χ4v) is 8.64. The van der Waals surface area contributed by atoms with E-state index in [-0.39, 0.29) is 125 Å². The van der Waals surface area contributed by atoms with Crippen LogP contribution < -0.4 is 0 Å². The van der Waals surface area contributed by atoms with Crippen LogP contribution in [0, 0.1) is 23.7 Å². The lowest BCUT2D eigenvalue weighted by Crippen LogP contribution is -2.48. The van der Waals surface area contributed by atoms with E-state index in [0.29, 0.717) is 25.0 Å². The zero-order valence-corrected chi connectivity index (χ0v) is 37.5. The smallest absolute Gasteiger partial charge is 0.335 e. The molecule has 0 N–H and O–H groups in total. The molecule has 0 aromatic carbocycles. The molecule has 0 amide bonds. The molecule has 3 saturated carbocycles. The van der Waals surface area contributed by atoms with Gasteiger partial charge in [-0.1, -0.05) is 26.3 Å². The van der Waals surface area contributed by atoms with Crippen molar-refractivity contribution in [1.29, 1.82) is 0 Å². The van der Waals surface area contributed by atoms with Crippen LogP contribution in [0.5, 0.6) is 0 Å². The van der Waals surface area contributed by atoms with Crippen molar-refractivity contribution in [3.05, 3.63) is 48.6 Å². The monoisotopic (exact) mass is 880 g/mol. The summed E-state index contributed by atoms with van der Waals surface area (Å²) in [6, 6.07) is 0. The lowest BCUT2D eigenvalue weighted by atomic mass is 9.63. The Hall–Kier alpha value is -3.48. The molecular weight excluding hydrogens is 808 g/mol. The normalized spacial score (nSPS) is 25.0. The molecule has 0 bridgehead atoms. The second-order valence-corrected chi connectivity index (χ2v) is 16.1. The minimum absolute atomic E-state index is 0.0385. The van der Waals surface area contributed by atoms with E-state index in [1.165, 1.54) is 28.4 Å². The van der Waals surface area contributed by atoms with Crippen LogP contribution in [-0.4, -0.2) is 156 Å². The maximum atomic E-state index is 12.4. The molecule has 16 heteroatoms. The second kappa shape index (κ2) is 29.8. The van der Waals surface area contributed by atoms with Gasteiger partial charge >= 0.3 is 23.9 Å². The third-order valence-corrected chi connectivity index (χ3v) is 11.7. The van der Waals surface area contributed by atoms with Gasteiger partial charge < -0.3 is 56.8 Å². The van der Waals surface area contributed by atoms with Gasteiger partial charge in [0.25, 0.3) is 0 Å². The molecule has 62 heavy (non-hydrogen) atoms. The molecule has 0 radical (unpaired) electrons. The summed E-state index contributed by atoms with van der Waals surface area (Å²) in [5.41, 5.74) is 0.980. The molecule has 3 aliphatic rings. The maximum Gasteiger partial charge on any atom is 0.335 e. The predicted octanol–water partition coefficient (Wildman–Crippen LogP) is 4.92. The van der Waals surface area contributed by atoms with Crippen LogP contribution in [0.3, 0.4) is 0 Å². The van der Waals surface area contributed by atoms with E-state index < -0.39 is 23.9 Å². The van der Waals surface area contributed by atoms with Crippen molar-refractivity contribution in [1.82, 2.24) is 0 Å². The number of carbonyl (C=O) groups excluding carboxylic acids is 4. The van der Waals surface area contributed by atoms with Gasteiger partial charge in [0, 0.05) is 28.4 Å². The fourth-order valence-electron chi connectivity index (χ4n) is 8.64. The number of methoxy groups -OCH3 is 4. The van der Waals surface area contributed by atoms with Crippen LogP contribution in [0.2, 0.25) is 0 Å². The Morgan fingerprint density at radius 3 is 0.903 bits per heavy atom. The van der Waals surface area contributed by atoms with E-state index in [4.69, 9.17) is 56.8 Å². The van der Waals surface area contributed by atoms with Crippen molar-refractivity contribution in [2.75, 3.05) is 108 Å². The van der Waals surface area contributed by atoms with E-state index in [1.807, 2.05) is 0 Å². The molecule has 0 aliphatic heterocycles. The molecule has 0 aromatic rings. The minimum atomic E-state index is -0.518. The lowest BCUT2D eigenvalue weighted by molar-refractivity contribution is -0.154. The highest BCUT2D eigenvalue weighted by molar-refractivity contribution is 5.89. The van der Waals surface area contributed by atoms with E-state index in [2.05, 4.69) is 26.3 Å². The highest BCUT2D eigenvalue weighted by Gasteiger charge is 2.46. The van der Waals surface area contributed by atoms with Gasteiger partial charge in [-0.15, -0.1) is 0 Å². The molecular formula is C46H72O16. The average Bonchev–Trinajstić information content (AvgIpc) is 3.27. The Morgan fingerprint density at radius 1 is 0.387 bits per heavy atom. The van der Waals surface area contributed by atoms with Crippen molar-refractivity contribution in [3.63, 3.8) is 0 Å². The number of esters is 4. The highest BCUT2D eigenvalue weighted by Crippen LogP contribution is 2.47. The molecule has 3 rings (SSSR count). The molecule has 0 aromatic heterocycles. The summed E-state index contributed by atoms with van der Waals surface area (Å²) in [6.07, 6.45) is 8.39. The van der Waals surface area contributed by atoms with Crippen molar-refractivity contribution in [2.45, 2.75) is 88.6 Å². The largest absolute Gasteiger partial charge is 0.460 e. The van der Waals surface area contributed by atoms with Crippen LogP contribution in [0.4, 0.5) is 0 Å². The van der Waals surface area contributed by atoms with Crippen molar-refractivity contribution < 1.29 is 76.0 Å². The SMILES string of the molecule is C=C(COC)C(=O)OCCOC1CCC(C2CC(OCCOC(=O)C(=C)COC)C(C3CCC(OCCOC(=O)C(=C)COC)CC3)CC2OCCOC(=O)C(=C)COC)CC1. The first-order valence-corrected chi connectivity index (χ1v) is 21.7. The quantitative estimate of drug-likeness (QED) is 0.0411. The zero-order chi connectivity index (χ0) is 45.3. The molecule has 0 heterocycles. The first-order valence-electron chi connectivity index (χ1n) is 21.7. The Kier molecular flexibility index (Phi) is 25.4. The summed E-state index contributed by atoms with van der Waals surface area (Å²) in [7, 11) is 5.97. The minimum Gasteiger partial charge on any atom is -0.460 e. The third kappa shape index (κ3) is 18.7. The summed E-state index contributed by atoms with van der Waals surface area (Å²) >= 11 is 0. The highest BCUT2D eigenvalue weighted by atomic mass is 16.6. The first-order chi connectivity index (χ1) is 29.9. The van der Waals surface area contributed by atoms with Crippen molar-refractivity contribution in [3.8, 4) is 0 Å². The molecule has 0 spiro atoms. The van der Waals surface area contributed by atoms with Gasteiger partial charge in [0.2, 0.25) is 0 Å². The molecule has 16 nitrogen and oxygen atoms in total. The van der Waals surface area contributed by atoms with Crippen LogP contribution in [0.15, 0.2) is 48.6 Å². The van der Waals surface area contributed by atoms with Crippen LogP contribution in [-0.2, 0) is 76.0 Å². The van der Waals surface area contributed by atoms with Gasteiger partial charge in [-0.25, -0.2) is 19.2 Å². The summed E-state index contributed by atoms with van der Waals surface area (Å²) in [6.45, 7) is 16.7. The predicted molar refractivity (Wildman–Crippen MR) is 227 cm³/mol. The van der Waals surface area contributed by atoms with Crippen LogP contribution in [0.25, 0.3) is 0 Å². The van der Waals surface area contributed by atoms with Gasteiger partial charge in [0.15, 0.2) is 0 Å². The van der Waals surface area contributed by atoms with Crippen LogP contribution >= 0.6 is 0 Å². The van der Waals surface area contributed by atoms with Crippen molar-refractivity contribution >= 4 is 23.9 Å². The molecule has 352 valence electrons. The summed E-state index contributed by atoms with van der Waals surface area (Å²) in [5, 5.41) is 0. The van der Waals surface area contributed by atoms with E-state index in [9.17, 15) is 19.2 Å². The Morgan fingerprint density at radius 2 is 0.645 bits per heavy atom.